The average molecular weight is 136 g/mol. The van der Waals surface area contributed by atoms with Crippen molar-refractivity contribution in [3.05, 3.63) is 11.6 Å². The molecule has 54 valence electrons. The van der Waals surface area contributed by atoms with Gasteiger partial charge in [0.25, 0.3) is 0 Å². The second-order valence-corrected chi connectivity index (χ2v) is 3.00. The standard InChI is InChI=1S/C8H12N2/c1-6-2-4-9-8-7(6)3-5-10-8/h2,4,7-8,10H,3,5H2,1H3/t7-,8-/m1/s1. The van der Waals surface area contributed by atoms with Crippen molar-refractivity contribution in [3.8, 4) is 0 Å². The summed E-state index contributed by atoms with van der Waals surface area (Å²) in [7, 11) is 0. The lowest BCUT2D eigenvalue weighted by Crippen LogP contribution is -2.27. The zero-order valence-electron chi connectivity index (χ0n) is 6.17. The summed E-state index contributed by atoms with van der Waals surface area (Å²) in [5, 5.41) is 3.35. The van der Waals surface area contributed by atoms with Crippen molar-refractivity contribution in [3.63, 3.8) is 0 Å². The molecule has 2 rings (SSSR count). The Kier molecular flexibility index (Phi) is 1.34. The molecule has 1 saturated heterocycles. The molecule has 2 aliphatic heterocycles. The summed E-state index contributed by atoms with van der Waals surface area (Å²) < 4.78 is 0. The first kappa shape index (κ1) is 6.10. The van der Waals surface area contributed by atoms with E-state index in [0.717, 1.165) is 6.54 Å². The van der Waals surface area contributed by atoms with Gasteiger partial charge in [-0.05, 0) is 26.0 Å². The van der Waals surface area contributed by atoms with Gasteiger partial charge in [0.2, 0.25) is 0 Å². The van der Waals surface area contributed by atoms with Crippen LogP contribution in [0.1, 0.15) is 13.3 Å². The third kappa shape index (κ3) is 0.797. The third-order valence-electron chi connectivity index (χ3n) is 2.36. The minimum atomic E-state index is 0.394. The van der Waals surface area contributed by atoms with Crippen LogP contribution in [0.4, 0.5) is 0 Å². The largest absolute Gasteiger partial charge is 0.295 e. The molecule has 1 fully saturated rings. The van der Waals surface area contributed by atoms with E-state index in [4.69, 9.17) is 0 Å². The molecule has 0 amide bonds. The Hall–Kier alpha value is -0.630. The molecule has 2 heteroatoms. The van der Waals surface area contributed by atoms with Crippen LogP contribution in [0, 0.1) is 5.92 Å². The molecule has 0 radical (unpaired) electrons. The minimum absolute atomic E-state index is 0.394. The molecule has 0 aliphatic carbocycles. The first-order valence-corrected chi connectivity index (χ1v) is 3.81. The number of fused-ring (bicyclic) bond motifs is 1. The van der Waals surface area contributed by atoms with Crippen molar-refractivity contribution >= 4 is 6.21 Å². The summed E-state index contributed by atoms with van der Waals surface area (Å²) in [6.45, 7) is 3.31. The van der Waals surface area contributed by atoms with Gasteiger partial charge in [-0.1, -0.05) is 5.57 Å². The van der Waals surface area contributed by atoms with Gasteiger partial charge < -0.3 is 0 Å². The monoisotopic (exact) mass is 136 g/mol. The van der Waals surface area contributed by atoms with Crippen molar-refractivity contribution in [1.29, 1.82) is 0 Å². The maximum absolute atomic E-state index is 4.33. The van der Waals surface area contributed by atoms with Crippen molar-refractivity contribution < 1.29 is 0 Å². The molecule has 2 heterocycles. The summed E-state index contributed by atoms with van der Waals surface area (Å²) in [4.78, 5) is 4.33. The Balaban J connectivity index is 2.24. The van der Waals surface area contributed by atoms with E-state index in [1.807, 2.05) is 6.21 Å². The number of hydrogen-bond acceptors (Lipinski definition) is 2. The predicted molar refractivity (Wildman–Crippen MR) is 42.1 cm³/mol. The fraction of sp³-hybridized carbons (Fsp3) is 0.625. The number of aliphatic imine (C=N–C) groups is 1. The van der Waals surface area contributed by atoms with Crippen molar-refractivity contribution in [1.82, 2.24) is 5.32 Å². The van der Waals surface area contributed by atoms with Crippen LogP contribution < -0.4 is 5.32 Å². The molecule has 0 unspecified atom stereocenters. The number of hydrogen-bond donors (Lipinski definition) is 1. The van der Waals surface area contributed by atoms with E-state index < -0.39 is 0 Å². The van der Waals surface area contributed by atoms with Gasteiger partial charge in [-0.3, -0.25) is 10.3 Å². The minimum Gasteiger partial charge on any atom is -0.295 e. The predicted octanol–water partition coefficient (Wildman–Crippen LogP) is 0.953. The highest BCUT2D eigenvalue weighted by molar-refractivity contribution is 5.73. The molecule has 0 spiro atoms. The Bertz CT molecular complexity index is 193. The first-order chi connectivity index (χ1) is 4.88. The second-order valence-electron chi connectivity index (χ2n) is 3.00. The summed E-state index contributed by atoms with van der Waals surface area (Å²) in [6.07, 6.45) is 5.68. The molecule has 0 aromatic heterocycles. The Morgan fingerprint density at radius 3 is 3.40 bits per heavy atom. The fourth-order valence-electron chi connectivity index (χ4n) is 1.70. The van der Waals surface area contributed by atoms with Crippen LogP contribution >= 0.6 is 0 Å². The first-order valence-electron chi connectivity index (χ1n) is 3.81. The molecule has 2 aliphatic rings. The number of nitrogens with zero attached hydrogens (tertiary/aromatic N) is 1. The van der Waals surface area contributed by atoms with Gasteiger partial charge in [-0.2, -0.15) is 0 Å². The number of allylic oxidation sites excluding steroid dienone is 1. The Morgan fingerprint density at radius 2 is 2.60 bits per heavy atom. The highest BCUT2D eigenvalue weighted by Gasteiger charge is 2.28. The van der Waals surface area contributed by atoms with Gasteiger partial charge in [0, 0.05) is 12.1 Å². The summed E-state index contributed by atoms with van der Waals surface area (Å²) in [6, 6.07) is 0. The lowest BCUT2D eigenvalue weighted by atomic mass is 9.95. The van der Waals surface area contributed by atoms with Crippen LogP contribution in [0.3, 0.4) is 0 Å². The summed E-state index contributed by atoms with van der Waals surface area (Å²) >= 11 is 0. The molecule has 1 N–H and O–H groups in total. The molecule has 2 nitrogen and oxygen atoms in total. The quantitative estimate of drug-likeness (QED) is 0.527. The highest BCUT2D eigenvalue weighted by atomic mass is 15.1. The molecule has 0 aromatic rings. The third-order valence-corrected chi connectivity index (χ3v) is 2.36. The number of nitrogens with one attached hydrogen (secondary N) is 1. The summed E-state index contributed by atoms with van der Waals surface area (Å²) in [5.41, 5.74) is 1.48. The number of rotatable bonds is 0. The topological polar surface area (TPSA) is 24.4 Å². The molecule has 0 saturated carbocycles. The zero-order valence-corrected chi connectivity index (χ0v) is 6.17. The summed E-state index contributed by atoms with van der Waals surface area (Å²) in [5.74, 6) is 0.685. The molecule has 2 atom stereocenters. The van der Waals surface area contributed by atoms with Crippen molar-refractivity contribution in [2.45, 2.75) is 19.5 Å². The van der Waals surface area contributed by atoms with E-state index in [2.05, 4.69) is 23.3 Å². The van der Waals surface area contributed by atoms with Crippen LogP contribution in [-0.4, -0.2) is 18.9 Å². The SMILES string of the molecule is CC1=CC=N[C@@H]2NCC[C@H]12. The van der Waals surface area contributed by atoms with Gasteiger partial charge in [-0.25, -0.2) is 0 Å². The molecule has 0 aromatic carbocycles. The number of dihydropyridines is 1. The molecular weight excluding hydrogens is 124 g/mol. The zero-order chi connectivity index (χ0) is 6.97. The van der Waals surface area contributed by atoms with Crippen LogP contribution in [0.15, 0.2) is 16.6 Å². The molecular formula is C8H12N2. The maximum Gasteiger partial charge on any atom is 0.106 e. The van der Waals surface area contributed by atoms with Crippen LogP contribution in [0.2, 0.25) is 0 Å². The van der Waals surface area contributed by atoms with Gasteiger partial charge in [0.05, 0.1) is 0 Å². The van der Waals surface area contributed by atoms with Gasteiger partial charge in [0.15, 0.2) is 0 Å². The average Bonchev–Trinajstić information content (AvgIpc) is 2.36. The van der Waals surface area contributed by atoms with Crippen LogP contribution in [0.25, 0.3) is 0 Å². The Morgan fingerprint density at radius 1 is 1.70 bits per heavy atom. The molecule has 10 heavy (non-hydrogen) atoms. The normalized spacial score (nSPS) is 37.5. The van der Waals surface area contributed by atoms with E-state index in [0.29, 0.717) is 12.1 Å². The van der Waals surface area contributed by atoms with Crippen molar-refractivity contribution in [2.24, 2.45) is 10.9 Å². The van der Waals surface area contributed by atoms with E-state index in [1.54, 1.807) is 0 Å². The van der Waals surface area contributed by atoms with E-state index in [1.165, 1.54) is 12.0 Å². The van der Waals surface area contributed by atoms with Crippen LogP contribution in [0.5, 0.6) is 0 Å². The maximum atomic E-state index is 4.33. The highest BCUT2D eigenvalue weighted by Crippen LogP contribution is 2.26. The van der Waals surface area contributed by atoms with E-state index >= 15 is 0 Å². The lowest BCUT2D eigenvalue weighted by Gasteiger charge is -2.18. The van der Waals surface area contributed by atoms with Gasteiger partial charge in [0.1, 0.15) is 6.17 Å². The smallest absolute Gasteiger partial charge is 0.106 e. The molecule has 0 bridgehead atoms. The fourth-order valence-corrected chi connectivity index (χ4v) is 1.70. The van der Waals surface area contributed by atoms with E-state index in [9.17, 15) is 0 Å². The van der Waals surface area contributed by atoms with Crippen molar-refractivity contribution in [2.75, 3.05) is 6.54 Å². The van der Waals surface area contributed by atoms with Gasteiger partial charge >= 0.3 is 0 Å². The Labute approximate surface area is 61.0 Å². The van der Waals surface area contributed by atoms with Gasteiger partial charge in [-0.15, -0.1) is 0 Å². The lowest BCUT2D eigenvalue weighted by molar-refractivity contribution is 0.519. The van der Waals surface area contributed by atoms with E-state index in [-0.39, 0.29) is 0 Å². The second kappa shape index (κ2) is 2.20. The van der Waals surface area contributed by atoms with Crippen LogP contribution in [-0.2, 0) is 0 Å².